The maximum atomic E-state index is 10.4. The second-order valence-corrected chi connectivity index (χ2v) is 10.0. The molecule has 12 nitrogen and oxygen atoms in total. The van der Waals surface area contributed by atoms with Crippen molar-refractivity contribution in [3.63, 3.8) is 0 Å². The molecule has 39 heavy (non-hydrogen) atoms. The quantitative estimate of drug-likeness (QED) is 0.219. The molecule has 0 amide bonds. The van der Waals surface area contributed by atoms with E-state index in [1.165, 1.54) is 0 Å². The predicted molar refractivity (Wildman–Crippen MR) is 148 cm³/mol. The minimum Gasteiger partial charge on any atom is -0.497 e. The second-order valence-electron chi connectivity index (χ2n) is 8.62. The number of morpholine rings is 1. The third kappa shape index (κ3) is 5.91. The van der Waals surface area contributed by atoms with E-state index in [-0.39, 0.29) is 13.1 Å². The fourth-order valence-electron chi connectivity index (χ4n) is 4.07. The van der Waals surface area contributed by atoms with Crippen LogP contribution in [0.4, 0.5) is 17.2 Å². The molecule has 0 spiro atoms. The van der Waals surface area contributed by atoms with Crippen LogP contribution in [0.2, 0.25) is 0 Å². The molecule has 1 saturated heterocycles. The molecular formula is C26H27N7O5S. The number of fused-ring (bicyclic) bond motifs is 3. The lowest BCUT2D eigenvalue weighted by atomic mass is 10.1. The first kappa shape index (κ1) is 26.3. The molecule has 0 radical (unpaired) electrons. The first-order valence-electron chi connectivity index (χ1n) is 12.0. The van der Waals surface area contributed by atoms with E-state index in [1.807, 2.05) is 72.8 Å². The fraction of sp³-hybridized carbons (Fsp3) is 0.192. The molecule has 0 atom stereocenters. The molecular weight excluding hydrogens is 522 g/mol. The number of benzene rings is 3. The Morgan fingerprint density at radius 2 is 1.62 bits per heavy atom. The number of nitrogens with two attached hydrogens (primary N) is 1. The molecule has 1 aliphatic heterocycles. The van der Waals surface area contributed by atoms with Gasteiger partial charge in [0.2, 0.25) is 0 Å². The van der Waals surface area contributed by atoms with Gasteiger partial charge in [0.05, 0.1) is 20.3 Å². The summed E-state index contributed by atoms with van der Waals surface area (Å²) >= 11 is 0. The molecule has 2 aromatic heterocycles. The summed E-state index contributed by atoms with van der Waals surface area (Å²) in [5.74, 6) is 2.16. The molecule has 0 bridgehead atoms. The van der Waals surface area contributed by atoms with Crippen molar-refractivity contribution in [1.29, 1.82) is 0 Å². The van der Waals surface area contributed by atoms with E-state index in [0.717, 1.165) is 32.1 Å². The number of nitrogen functional groups attached to an aromatic ring is 1. The Hall–Kier alpha value is -4.30. The SMILES string of the molecule is COc1ccc(-c2nnc3c4ccccc4c(Nc4ccc(N)cc4)nn23)cc1.O=S(=O)(O)N1CCOCC1. The van der Waals surface area contributed by atoms with E-state index < -0.39 is 10.3 Å². The standard InChI is InChI=1S/C22H18N6O.C4H9NO4S/c1-29-17-12-6-14(7-13-17)21-25-26-22-19-5-3-2-4-18(19)20(27-28(21)22)24-16-10-8-15(23)9-11-16;6-10(7,8)5-1-3-9-4-2-5/h2-13H,23H2,1H3,(H,24,27);1-4H2,(H,6,7,8). The van der Waals surface area contributed by atoms with Gasteiger partial charge < -0.3 is 20.5 Å². The zero-order chi connectivity index (χ0) is 27.4. The fourth-order valence-corrected chi connectivity index (χ4v) is 4.68. The van der Waals surface area contributed by atoms with Gasteiger partial charge in [0.25, 0.3) is 0 Å². The Balaban J connectivity index is 0.000000261. The lowest BCUT2D eigenvalue weighted by Gasteiger charge is -2.22. The van der Waals surface area contributed by atoms with Crippen molar-refractivity contribution in [3.8, 4) is 17.1 Å². The van der Waals surface area contributed by atoms with E-state index in [4.69, 9.17) is 24.9 Å². The number of hydrogen-bond acceptors (Lipinski definition) is 9. The van der Waals surface area contributed by atoms with Gasteiger partial charge in [-0.2, -0.15) is 17.2 Å². The molecule has 202 valence electrons. The van der Waals surface area contributed by atoms with Gasteiger partial charge in [-0.05, 0) is 48.5 Å². The average Bonchev–Trinajstić information content (AvgIpc) is 3.39. The lowest BCUT2D eigenvalue weighted by Crippen LogP contribution is -2.40. The number of nitrogens with zero attached hydrogens (tertiary/aromatic N) is 5. The zero-order valence-corrected chi connectivity index (χ0v) is 21.9. The summed E-state index contributed by atoms with van der Waals surface area (Å²) in [4.78, 5) is 0. The van der Waals surface area contributed by atoms with E-state index in [0.29, 0.717) is 36.2 Å². The minimum absolute atomic E-state index is 0.249. The number of rotatable bonds is 5. The predicted octanol–water partition coefficient (Wildman–Crippen LogP) is 3.40. The van der Waals surface area contributed by atoms with Crippen molar-refractivity contribution in [2.75, 3.05) is 44.5 Å². The topological polar surface area (TPSA) is 157 Å². The van der Waals surface area contributed by atoms with Crippen LogP contribution in [0.25, 0.3) is 27.8 Å². The molecule has 0 unspecified atom stereocenters. The summed E-state index contributed by atoms with van der Waals surface area (Å²) in [6.45, 7) is 1.22. The Labute approximate surface area is 224 Å². The molecule has 1 aliphatic rings. The highest BCUT2D eigenvalue weighted by Crippen LogP contribution is 2.30. The highest BCUT2D eigenvalue weighted by molar-refractivity contribution is 7.83. The number of hydrogen-bond donors (Lipinski definition) is 3. The van der Waals surface area contributed by atoms with Crippen LogP contribution in [0.15, 0.2) is 72.8 Å². The zero-order valence-electron chi connectivity index (χ0n) is 21.1. The summed E-state index contributed by atoms with van der Waals surface area (Å²) in [5, 5.41) is 18.9. The Kier molecular flexibility index (Phi) is 7.56. The monoisotopic (exact) mass is 549 g/mol. The Bertz CT molecular complexity index is 1680. The molecule has 13 heteroatoms. The number of aromatic nitrogens is 4. The smallest absolute Gasteiger partial charge is 0.336 e. The molecule has 1 fully saturated rings. The van der Waals surface area contributed by atoms with E-state index >= 15 is 0 Å². The van der Waals surface area contributed by atoms with Crippen LogP contribution in [0.3, 0.4) is 0 Å². The van der Waals surface area contributed by atoms with Crippen LogP contribution in [-0.2, 0) is 15.0 Å². The summed E-state index contributed by atoms with van der Waals surface area (Å²) in [7, 11) is -2.33. The molecule has 6 rings (SSSR count). The van der Waals surface area contributed by atoms with Crippen molar-refractivity contribution in [3.05, 3.63) is 72.8 Å². The van der Waals surface area contributed by atoms with Gasteiger partial charge in [0.15, 0.2) is 17.3 Å². The highest BCUT2D eigenvalue weighted by Gasteiger charge is 2.21. The van der Waals surface area contributed by atoms with Crippen molar-refractivity contribution in [1.82, 2.24) is 24.1 Å². The largest absolute Gasteiger partial charge is 0.497 e. The van der Waals surface area contributed by atoms with Crippen LogP contribution < -0.4 is 15.8 Å². The van der Waals surface area contributed by atoms with Gasteiger partial charge in [-0.1, -0.05) is 24.3 Å². The van der Waals surface area contributed by atoms with Crippen molar-refractivity contribution >= 4 is 43.9 Å². The number of nitrogens with one attached hydrogen (secondary N) is 1. The Morgan fingerprint density at radius 1 is 0.949 bits per heavy atom. The molecule has 3 aromatic carbocycles. The first-order chi connectivity index (χ1) is 18.8. The first-order valence-corrected chi connectivity index (χ1v) is 13.4. The van der Waals surface area contributed by atoms with Gasteiger partial charge in [-0.3, -0.25) is 4.55 Å². The number of ether oxygens (including phenoxy) is 2. The van der Waals surface area contributed by atoms with Crippen LogP contribution in [0, 0.1) is 0 Å². The van der Waals surface area contributed by atoms with E-state index in [1.54, 1.807) is 11.6 Å². The van der Waals surface area contributed by atoms with Crippen molar-refractivity contribution in [2.24, 2.45) is 0 Å². The van der Waals surface area contributed by atoms with Crippen LogP contribution in [0.5, 0.6) is 5.75 Å². The van der Waals surface area contributed by atoms with Gasteiger partial charge in [0, 0.05) is 40.8 Å². The van der Waals surface area contributed by atoms with E-state index in [2.05, 4.69) is 15.5 Å². The maximum Gasteiger partial charge on any atom is 0.336 e. The minimum atomic E-state index is -3.97. The molecule has 4 N–H and O–H groups in total. The lowest BCUT2D eigenvalue weighted by molar-refractivity contribution is 0.0693. The van der Waals surface area contributed by atoms with E-state index in [9.17, 15) is 8.42 Å². The maximum absolute atomic E-state index is 10.4. The highest BCUT2D eigenvalue weighted by atomic mass is 32.2. The third-order valence-corrected chi connectivity index (χ3v) is 7.10. The van der Waals surface area contributed by atoms with Gasteiger partial charge in [0.1, 0.15) is 5.75 Å². The summed E-state index contributed by atoms with van der Waals surface area (Å²) in [6, 6.07) is 23.2. The molecule has 0 aliphatic carbocycles. The summed E-state index contributed by atoms with van der Waals surface area (Å²) in [6.07, 6.45) is 0. The molecule has 3 heterocycles. The number of methoxy groups -OCH3 is 1. The normalized spacial score (nSPS) is 14.1. The number of anilines is 3. The second kappa shape index (κ2) is 11.2. The average molecular weight is 550 g/mol. The van der Waals surface area contributed by atoms with Crippen molar-refractivity contribution in [2.45, 2.75) is 0 Å². The summed E-state index contributed by atoms with van der Waals surface area (Å²) < 4.78 is 42.2. The summed E-state index contributed by atoms with van der Waals surface area (Å²) in [5.41, 5.74) is 9.02. The van der Waals surface area contributed by atoms with Gasteiger partial charge in [-0.15, -0.1) is 15.3 Å². The van der Waals surface area contributed by atoms with Crippen LogP contribution in [-0.4, -0.2) is 70.5 Å². The van der Waals surface area contributed by atoms with Gasteiger partial charge >= 0.3 is 10.3 Å². The molecule has 5 aromatic rings. The van der Waals surface area contributed by atoms with Crippen LogP contribution >= 0.6 is 0 Å². The Morgan fingerprint density at radius 3 is 2.23 bits per heavy atom. The van der Waals surface area contributed by atoms with Crippen molar-refractivity contribution < 1.29 is 22.4 Å². The van der Waals surface area contributed by atoms with Crippen LogP contribution in [0.1, 0.15) is 0 Å². The van der Waals surface area contributed by atoms with Gasteiger partial charge in [-0.25, -0.2) is 0 Å². The molecule has 0 saturated carbocycles. The third-order valence-electron chi connectivity index (χ3n) is 6.08.